The summed E-state index contributed by atoms with van der Waals surface area (Å²) in [5.41, 5.74) is 1.51. The third-order valence-corrected chi connectivity index (χ3v) is 4.46. The summed E-state index contributed by atoms with van der Waals surface area (Å²) in [6.45, 7) is 5.59. The van der Waals surface area contributed by atoms with E-state index in [9.17, 15) is 8.42 Å². The molecular weight excluding hydrogens is 286 g/mol. The highest BCUT2D eigenvalue weighted by Crippen LogP contribution is 2.20. The van der Waals surface area contributed by atoms with Crippen LogP contribution in [0.1, 0.15) is 46.0 Å². The molecule has 1 unspecified atom stereocenters. The van der Waals surface area contributed by atoms with E-state index in [1.54, 1.807) is 0 Å². The third kappa shape index (κ3) is 8.75. The molecule has 0 bridgehead atoms. The second-order valence-corrected chi connectivity index (χ2v) is 7.99. The average Bonchev–Trinajstić information content (AvgIpc) is 2.89. The van der Waals surface area contributed by atoms with Gasteiger partial charge in [-0.25, -0.2) is 8.42 Å². The van der Waals surface area contributed by atoms with Gasteiger partial charge in [-0.15, -0.1) is 0 Å². The van der Waals surface area contributed by atoms with Crippen molar-refractivity contribution in [3.63, 3.8) is 0 Å². The molecule has 0 radical (unpaired) electrons. The van der Waals surface area contributed by atoms with Crippen LogP contribution in [-0.4, -0.2) is 45.5 Å². The Hall–Kier alpha value is -1.04. The van der Waals surface area contributed by atoms with Crippen LogP contribution in [0.2, 0.25) is 0 Å². The lowest BCUT2D eigenvalue weighted by molar-refractivity contribution is 0.581. The summed E-state index contributed by atoms with van der Waals surface area (Å²) < 4.78 is 22.4. The number of guanidine groups is 1. The normalized spacial score (nSPS) is 17.5. The minimum Gasteiger partial charge on any atom is -0.357 e. The van der Waals surface area contributed by atoms with Gasteiger partial charge in [0.2, 0.25) is 0 Å². The van der Waals surface area contributed by atoms with Crippen LogP contribution in [0.15, 0.2) is 16.6 Å². The van der Waals surface area contributed by atoms with E-state index >= 15 is 0 Å². The van der Waals surface area contributed by atoms with E-state index in [0.717, 1.165) is 25.5 Å². The fraction of sp³-hybridized carbons (Fsp3) is 0.800. The summed E-state index contributed by atoms with van der Waals surface area (Å²) in [6, 6.07) is 0.0863. The lowest BCUT2D eigenvalue weighted by Crippen LogP contribution is -2.42. The van der Waals surface area contributed by atoms with E-state index in [4.69, 9.17) is 0 Å². The van der Waals surface area contributed by atoms with E-state index in [1.807, 2.05) is 13.8 Å². The summed E-state index contributed by atoms with van der Waals surface area (Å²) in [4.78, 5) is 4.57. The van der Waals surface area contributed by atoms with Crippen LogP contribution in [0.5, 0.6) is 0 Å². The molecule has 122 valence electrons. The standard InChI is InChI=1S/C15H29N3O2S/c1-4-16-15(17-11-9-14-7-5-6-8-14)18-13(2)10-12-21(3,19)20/h7,13H,4-6,8-12H2,1-3H3,(H2,16,17,18). The third-order valence-electron chi connectivity index (χ3n) is 3.49. The first-order valence-electron chi connectivity index (χ1n) is 7.81. The van der Waals surface area contributed by atoms with E-state index < -0.39 is 9.84 Å². The lowest BCUT2D eigenvalue weighted by atomic mass is 10.2. The maximum atomic E-state index is 11.2. The van der Waals surface area contributed by atoms with Crippen molar-refractivity contribution in [1.82, 2.24) is 10.6 Å². The highest BCUT2D eigenvalue weighted by molar-refractivity contribution is 7.90. The number of allylic oxidation sites excluding steroid dienone is 1. The van der Waals surface area contributed by atoms with Gasteiger partial charge in [-0.2, -0.15) is 0 Å². The summed E-state index contributed by atoms with van der Waals surface area (Å²) in [5.74, 6) is 0.977. The molecule has 0 aromatic heterocycles. The van der Waals surface area contributed by atoms with Crippen molar-refractivity contribution in [1.29, 1.82) is 0 Å². The van der Waals surface area contributed by atoms with Crippen LogP contribution in [0.4, 0.5) is 0 Å². The average molecular weight is 315 g/mol. The molecule has 1 rings (SSSR count). The molecular formula is C15H29N3O2S. The molecule has 1 aliphatic rings. The Kier molecular flexibility index (Phi) is 7.78. The minimum absolute atomic E-state index is 0.0863. The molecule has 0 aliphatic heterocycles. The maximum Gasteiger partial charge on any atom is 0.191 e. The molecule has 0 saturated heterocycles. The van der Waals surface area contributed by atoms with Crippen LogP contribution in [-0.2, 0) is 9.84 Å². The molecule has 1 atom stereocenters. The van der Waals surface area contributed by atoms with Crippen molar-refractivity contribution < 1.29 is 8.42 Å². The Morgan fingerprint density at radius 3 is 2.81 bits per heavy atom. The smallest absolute Gasteiger partial charge is 0.191 e. The molecule has 0 heterocycles. The molecule has 0 spiro atoms. The maximum absolute atomic E-state index is 11.2. The second-order valence-electron chi connectivity index (χ2n) is 5.73. The van der Waals surface area contributed by atoms with Gasteiger partial charge >= 0.3 is 0 Å². The molecule has 0 fully saturated rings. The van der Waals surface area contributed by atoms with Crippen molar-refractivity contribution in [2.45, 2.75) is 52.0 Å². The number of hydrogen-bond donors (Lipinski definition) is 2. The zero-order chi connectivity index (χ0) is 15.7. The van der Waals surface area contributed by atoms with Gasteiger partial charge in [-0.3, -0.25) is 4.99 Å². The Labute approximate surface area is 129 Å². The minimum atomic E-state index is -2.90. The highest BCUT2D eigenvalue weighted by atomic mass is 32.2. The Morgan fingerprint density at radius 2 is 2.24 bits per heavy atom. The van der Waals surface area contributed by atoms with Crippen molar-refractivity contribution in [3.05, 3.63) is 11.6 Å². The van der Waals surface area contributed by atoms with Crippen LogP contribution < -0.4 is 10.6 Å². The first-order chi connectivity index (χ1) is 9.90. The van der Waals surface area contributed by atoms with Crippen LogP contribution in [0.25, 0.3) is 0 Å². The summed E-state index contributed by atoms with van der Waals surface area (Å²) in [6.07, 6.45) is 8.91. The van der Waals surface area contributed by atoms with Crippen molar-refractivity contribution in [2.24, 2.45) is 4.99 Å². The second kappa shape index (κ2) is 9.07. The van der Waals surface area contributed by atoms with Crippen LogP contribution >= 0.6 is 0 Å². The van der Waals surface area contributed by atoms with Crippen LogP contribution in [0.3, 0.4) is 0 Å². The Bertz CT molecular complexity index is 469. The molecule has 5 nitrogen and oxygen atoms in total. The van der Waals surface area contributed by atoms with E-state index in [1.165, 1.54) is 31.1 Å². The van der Waals surface area contributed by atoms with E-state index in [0.29, 0.717) is 6.42 Å². The van der Waals surface area contributed by atoms with E-state index in [-0.39, 0.29) is 11.8 Å². The Morgan fingerprint density at radius 1 is 1.48 bits per heavy atom. The SMILES string of the molecule is CCNC(=NCCC1=CCCC1)NC(C)CCS(C)(=O)=O. The molecule has 0 saturated carbocycles. The first kappa shape index (κ1) is 18.0. The van der Waals surface area contributed by atoms with Gasteiger partial charge in [-0.05, 0) is 46.0 Å². The van der Waals surface area contributed by atoms with Gasteiger partial charge in [0.1, 0.15) is 9.84 Å². The summed E-state index contributed by atoms with van der Waals surface area (Å²) >= 11 is 0. The van der Waals surface area contributed by atoms with Gasteiger partial charge in [0, 0.05) is 25.4 Å². The molecule has 1 aliphatic carbocycles. The highest BCUT2D eigenvalue weighted by Gasteiger charge is 2.09. The molecule has 2 N–H and O–H groups in total. The number of nitrogens with zero attached hydrogens (tertiary/aromatic N) is 1. The topological polar surface area (TPSA) is 70.6 Å². The zero-order valence-corrected chi connectivity index (χ0v) is 14.3. The van der Waals surface area contributed by atoms with Crippen molar-refractivity contribution in [3.8, 4) is 0 Å². The summed E-state index contributed by atoms with van der Waals surface area (Å²) in [5, 5.41) is 6.48. The van der Waals surface area contributed by atoms with Gasteiger partial charge in [0.05, 0.1) is 5.75 Å². The molecule has 0 aromatic rings. The lowest BCUT2D eigenvalue weighted by Gasteiger charge is -2.17. The number of hydrogen-bond acceptors (Lipinski definition) is 3. The fourth-order valence-electron chi connectivity index (χ4n) is 2.29. The molecule has 21 heavy (non-hydrogen) atoms. The predicted molar refractivity (Wildman–Crippen MR) is 89.5 cm³/mol. The van der Waals surface area contributed by atoms with Gasteiger partial charge in [0.25, 0.3) is 0 Å². The Balaban J connectivity index is 2.39. The molecule has 0 amide bonds. The number of sulfone groups is 1. The molecule has 6 heteroatoms. The van der Waals surface area contributed by atoms with Gasteiger partial charge < -0.3 is 10.6 Å². The van der Waals surface area contributed by atoms with Gasteiger partial charge in [-0.1, -0.05) is 11.6 Å². The predicted octanol–water partition coefficient (Wildman–Crippen LogP) is 1.87. The van der Waals surface area contributed by atoms with Crippen LogP contribution in [0, 0.1) is 0 Å². The summed E-state index contributed by atoms with van der Waals surface area (Å²) in [7, 11) is -2.90. The largest absolute Gasteiger partial charge is 0.357 e. The van der Waals surface area contributed by atoms with Gasteiger partial charge in [0.15, 0.2) is 5.96 Å². The monoisotopic (exact) mass is 315 g/mol. The first-order valence-corrected chi connectivity index (χ1v) is 9.87. The van der Waals surface area contributed by atoms with Crippen molar-refractivity contribution in [2.75, 3.05) is 25.1 Å². The van der Waals surface area contributed by atoms with Crippen molar-refractivity contribution >= 4 is 15.8 Å². The van der Waals surface area contributed by atoms with E-state index in [2.05, 4.69) is 21.7 Å². The molecule has 0 aromatic carbocycles. The number of aliphatic imine (C=N–C) groups is 1. The number of rotatable bonds is 8. The number of nitrogens with one attached hydrogen (secondary N) is 2. The zero-order valence-electron chi connectivity index (χ0n) is 13.5. The fourth-order valence-corrected chi connectivity index (χ4v) is 3.07. The quantitative estimate of drug-likeness (QED) is 0.407.